The topological polar surface area (TPSA) is 111 Å². The summed E-state index contributed by atoms with van der Waals surface area (Å²) in [6, 6.07) is 14.0. The van der Waals surface area contributed by atoms with Crippen molar-refractivity contribution in [3.8, 4) is 5.69 Å². The van der Waals surface area contributed by atoms with Gasteiger partial charge in [0.25, 0.3) is 11.5 Å². The first-order valence-corrected chi connectivity index (χ1v) is 14.2. The van der Waals surface area contributed by atoms with E-state index in [2.05, 4.69) is 10.6 Å². The SMILES string of the molecule is CCc1ccc2c(c1NC)c(=O)n(-c1ccc(C[C@H](NC(=O)c3c(Cl)cccc3Cl)C(=O)OC(C)C)cc1)c(=O)n2C. The normalized spacial score (nSPS) is 11.9. The second-order valence-electron chi connectivity index (χ2n) is 10.1. The van der Waals surface area contributed by atoms with Crippen LogP contribution in [-0.2, 0) is 29.4 Å². The van der Waals surface area contributed by atoms with Gasteiger partial charge in [0.1, 0.15) is 6.04 Å². The number of carbonyl (C=O) groups excluding carboxylic acids is 2. The van der Waals surface area contributed by atoms with E-state index in [4.69, 9.17) is 27.9 Å². The van der Waals surface area contributed by atoms with Gasteiger partial charge in [-0.1, -0.05) is 54.4 Å². The van der Waals surface area contributed by atoms with Gasteiger partial charge in [0.05, 0.1) is 44.0 Å². The molecule has 0 saturated carbocycles. The van der Waals surface area contributed by atoms with E-state index in [-0.39, 0.29) is 22.0 Å². The van der Waals surface area contributed by atoms with Crippen LogP contribution in [0.3, 0.4) is 0 Å². The van der Waals surface area contributed by atoms with Gasteiger partial charge in [0, 0.05) is 20.5 Å². The third-order valence-corrected chi connectivity index (χ3v) is 7.55. The van der Waals surface area contributed by atoms with Crippen LogP contribution in [0.2, 0.25) is 10.0 Å². The predicted molar refractivity (Wildman–Crippen MR) is 166 cm³/mol. The number of nitrogens with zero attached hydrogens (tertiary/aromatic N) is 2. The standard InChI is InChI=1S/C31H32Cl2N4O5/c1-6-19-12-15-24-26(27(19)34-4)29(39)37(31(41)36(24)5)20-13-10-18(11-14-20)16-23(30(40)42-17(2)3)35-28(38)25-21(32)8-7-9-22(25)33/h7-15,17,23,34H,6,16H2,1-5H3,(H,35,38)/t23-/m0/s1. The minimum absolute atomic E-state index is 0.0530. The van der Waals surface area contributed by atoms with Crippen LogP contribution < -0.4 is 21.9 Å². The zero-order valence-corrected chi connectivity index (χ0v) is 25.5. The molecule has 0 fully saturated rings. The lowest BCUT2D eigenvalue weighted by atomic mass is 10.0. The Morgan fingerprint density at radius 2 is 1.62 bits per heavy atom. The minimum Gasteiger partial charge on any atom is -0.461 e. The van der Waals surface area contributed by atoms with Gasteiger partial charge in [-0.3, -0.25) is 14.2 Å². The zero-order chi connectivity index (χ0) is 30.7. The molecule has 220 valence electrons. The van der Waals surface area contributed by atoms with Crippen LogP contribution in [0.4, 0.5) is 5.69 Å². The Morgan fingerprint density at radius 3 is 2.19 bits per heavy atom. The van der Waals surface area contributed by atoms with Crippen molar-refractivity contribution in [1.82, 2.24) is 14.5 Å². The summed E-state index contributed by atoms with van der Waals surface area (Å²) in [7, 11) is 3.37. The molecule has 1 heterocycles. The molecule has 9 nitrogen and oxygen atoms in total. The fourth-order valence-corrected chi connectivity index (χ4v) is 5.43. The maximum atomic E-state index is 13.7. The summed E-state index contributed by atoms with van der Waals surface area (Å²) >= 11 is 12.4. The van der Waals surface area contributed by atoms with Crippen molar-refractivity contribution in [1.29, 1.82) is 0 Å². The molecule has 0 bridgehead atoms. The van der Waals surface area contributed by atoms with Gasteiger partial charge in [-0.15, -0.1) is 0 Å². The number of rotatable bonds is 9. The molecule has 42 heavy (non-hydrogen) atoms. The van der Waals surface area contributed by atoms with Gasteiger partial charge in [-0.05, 0) is 61.7 Å². The van der Waals surface area contributed by atoms with Crippen molar-refractivity contribution in [2.45, 2.75) is 45.8 Å². The molecular weight excluding hydrogens is 579 g/mol. The van der Waals surface area contributed by atoms with Crippen molar-refractivity contribution in [3.05, 3.63) is 102 Å². The Balaban J connectivity index is 1.71. The molecule has 3 aromatic carbocycles. The van der Waals surface area contributed by atoms with E-state index < -0.39 is 35.3 Å². The fourth-order valence-electron chi connectivity index (χ4n) is 4.86. The van der Waals surface area contributed by atoms with Crippen LogP contribution >= 0.6 is 23.2 Å². The molecule has 0 spiro atoms. The number of esters is 1. The molecule has 4 rings (SSSR count). The molecule has 0 radical (unpaired) electrons. The van der Waals surface area contributed by atoms with Crippen LogP contribution in [0.5, 0.6) is 0 Å². The fraction of sp³-hybridized carbons (Fsp3) is 0.290. The molecule has 2 N–H and O–H groups in total. The molecule has 1 amide bonds. The van der Waals surface area contributed by atoms with Crippen LogP contribution in [-0.4, -0.2) is 40.2 Å². The quantitative estimate of drug-likeness (QED) is 0.261. The number of anilines is 1. The van der Waals surface area contributed by atoms with Gasteiger partial charge in [0.2, 0.25) is 0 Å². The summed E-state index contributed by atoms with van der Waals surface area (Å²) in [6.07, 6.45) is 0.381. The minimum atomic E-state index is -1.06. The number of aryl methyl sites for hydroxylation is 2. The number of ether oxygens (including phenoxy) is 1. The summed E-state index contributed by atoms with van der Waals surface area (Å²) in [5, 5.41) is 6.52. The van der Waals surface area contributed by atoms with Crippen LogP contribution in [0.25, 0.3) is 16.6 Å². The third-order valence-electron chi connectivity index (χ3n) is 6.92. The molecule has 0 aliphatic rings. The molecule has 1 atom stereocenters. The second-order valence-corrected chi connectivity index (χ2v) is 10.9. The summed E-state index contributed by atoms with van der Waals surface area (Å²) in [6.45, 7) is 5.42. The molecule has 0 aliphatic carbocycles. The van der Waals surface area contributed by atoms with E-state index >= 15 is 0 Å². The van der Waals surface area contributed by atoms with E-state index in [0.29, 0.717) is 34.3 Å². The number of hydrogen-bond acceptors (Lipinski definition) is 6. The average molecular weight is 612 g/mol. The lowest BCUT2D eigenvalue weighted by Gasteiger charge is -2.20. The molecule has 11 heteroatoms. The first-order chi connectivity index (χ1) is 20.0. The number of amides is 1. The van der Waals surface area contributed by atoms with E-state index in [1.165, 1.54) is 16.7 Å². The highest BCUT2D eigenvalue weighted by Gasteiger charge is 2.26. The van der Waals surface area contributed by atoms with Crippen molar-refractivity contribution < 1.29 is 14.3 Å². The highest BCUT2D eigenvalue weighted by atomic mass is 35.5. The first-order valence-electron chi connectivity index (χ1n) is 13.5. The van der Waals surface area contributed by atoms with Crippen LogP contribution in [0.1, 0.15) is 42.3 Å². The van der Waals surface area contributed by atoms with Gasteiger partial charge in [0.15, 0.2) is 0 Å². The van der Waals surface area contributed by atoms with Crippen LogP contribution in [0.15, 0.2) is 64.2 Å². The lowest BCUT2D eigenvalue weighted by molar-refractivity contribution is -0.149. The van der Waals surface area contributed by atoms with E-state index in [1.54, 1.807) is 64.3 Å². The highest BCUT2D eigenvalue weighted by Crippen LogP contribution is 2.26. The molecular formula is C31H32Cl2N4O5. The number of hydrogen-bond donors (Lipinski definition) is 2. The number of fused-ring (bicyclic) bond motifs is 1. The Kier molecular flexibility index (Phi) is 9.43. The van der Waals surface area contributed by atoms with Crippen molar-refractivity contribution >= 4 is 51.7 Å². The Hall–Kier alpha value is -4.08. The molecule has 4 aromatic rings. The summed E-state index contributed by atoms with van der Waals surface area (Å²) in [4.78, 5) is 53.0. The second kappa shape index (κ2) is 12.8. The van der Waals surface area contributed by atoms with E-state index in [0.717, 1.165) is 10.1 Å². The Morgan fingerprint density at radius 1 is 0.976 bits per heavy atom. The highest BCUT2D eigenvalue weighted by molar-refractivity contribution is 6.39. The van der Waals surface area contributed by atoms with Gasteiger partial charge >= 0.3 is 11.7 Å². The number of nitrogens with one attached hydrogen (secondary N) is 2. The maximum absolute atomic E-state index is 13.7. The molecule has 0 unspecified atom stereocenters. The Bertz CT molecular complexity index is 1760. The number of aromatic nitrogens is 2. The van der Waals surface area contributed by atoms with Gasteiger partial charge < -0.3 is 15.4 Å². The Labute approximate surface area is 253 Å². The van der Waals surface area contributed by atoms with E-state index in [1.807, 2.05) is 13.0 Å². The number of benzene rings is 3. The smallest absolute Gasteiger partial charge is 0.335 e. The van der Waals surface area contributed by atoms with Crippen molar-refractivity contribution in [3.63, 3.8) is 0 Å². The predicted octanol–water partition coefficient (Wildman–Crippen LogP) is 4.89. The number of halogens is 2. The summed E-state index contributed by atoms with van der Waals surface area (Å²) in [5.41, 5.74) is 2.31. The summed E-state index contributed by atoms with van der Waals surface area (Å²) in [5.74, 6) is -1.25. The van der Waals surface area contributed by atoms with Crippen molar-refractivity contribution in [2.75, 3.05) is 12.4 Å². The first kappa shape index (κ1) is 30.9. The molecule has 0 aliphatic heterocycles. The summed E-state index contributed by atoms with van der Waals surface area (Å²) < 4.78 is 7.95. The van der Waals surface area contributed by atoms with Crippen LogP contribution in [0, 0.1) is 0 Å². The number of carbonyl (C=O) groups is 2. The van der Waals surface area contributed by atoms with Gasteiger partial charge in [-0.25, -0.2) is 14.2 Å². The monoisotopic (exact) mass is 610 g/mol. The van der Waals surface area contributed by atoms with E-state index in [9.17, 15) is 19.2 Å². The largest absolute Gasteiger partial charge is 0.461 e. The zero-order valence-electron chi connectivity index (χ0n) is 24.0. The van der Waals surface area contributed by atoms with Crippen molar-refractivity contribution in [2.24, 2.45) is 7.05 Å². The third kappa shape index (κ3) is 6.07. The molecule has 0 saturated heterocycles. The lowest BCUT2D eigenvalue weighted by Crippen LogP contribution is -2.44. The molecule has 1 aromatic heterocycles. The van der Waals surface area contributed by atoms with Gasteiger partial charge in [-0.2, -0.15) is 0 Å². The maximum Gasteiger partial charge on any atom is 0.335 e. The average Bonchev–Trinajstić information content (AvgIpc) is 2.95.